The van der Waals surface area contributed by atoms with Gasteiger partial charge in [0.1, 0.15) is 0 Å². The van der Waals surface area contributed by atoms with Gasteiger partial charge in [-0.15, -0.1) is 11.3 Å². The van der Waals surface area contributed by atoms with Gasteiger partial charge in [0.2, 0.25) is 11.7 Å². The van der Waals surface area contributed by atoms with E-state index in [0.29, 0.717) is 54.9 Å². The van der Waals surface area contributed by atoms with Crippen molar-refractivity contribution >= 4 is 29.0 Å². The topological polar surface area (TPSA) is 89.1 Å². The third-order valence-electron chi connectivity index (χ3n) is 5.57. The Hall–Kier alpha value is -2.94. The van der Waals surface area contributed by atoms with E-state index in [2.05, 4.69) is 16.7 Å². The third kappa shape index (κ3) is 6.29. The molecule has 2 heterocycles. The first kappa shape index (κ1) is 23.7. The Bertz CT molecular complexity index is 870. The van der Waals surface area contributed by atoms with Gasteiger partial charge in [-0.05, 0) is 36.6 Å². The van der Waals surface area contributed by atoms with Gasteiger partial charge < -0.3 is 29.7 Å². The Morgan fingerprint density at radius 1 is 1.09 bits per heavy atom. The number of carbonyl (C=O) groups excluding carboxylic acids is 2. The van der Waals surface area contributed by atoms with Crippen LogP contribution in [0.5, 0.6) is 17.2 Å². The van der Waals surface area contributed by atoms with Gasteiger partial charge in [-0.1, -0.05) is 6.07 Å². The molecule has 1 saturated heterocycles. The summed E-state index contributed by atoms with van der Waals surface area (Å²) in [6, 6.07) is 7.32. The van der Waals surface area contributed by atoms with Gasteiger partial charge in [0.05, 0.1) is 27.0 Å². The van der Waals surface area contributed by atoms with E-state index in [-0.39, 0.29) is 11.9 Å². The predicted molar refractivity (Wildman–Crippen MR) is 125 cm³/mol. The van der Waals surface area contributed by atoms with Crippen molar-refractivity contribution in [2.75, 3.05) is 46.3 Å². The summed E-state index contributed by atoms with van der Waals surface area (Å²) in [5, 5.41) is 7.95. The number of hydrogen-bond acceptors (Lipinski definition) is 6. The van der Waals surface area contributed by atoms with Crippen LogP contribution >= 0.6 is 11.3 Å². The van der Waals surface area contributed by atoms with Gasteiger partial charge in [0.15, 0.2) is 11.5 Å². The quantitative estimate of drug-likeness (QED) is 0.594. The number of piperidine rings is 1. The molecule has 3 amide bonds. The lowest BCUT2D eigenvalue weighted by molar-refractivity contribution is -0.122. The van der Waals surface area contributed by atoms with Gasteiger partial charge in [0, 0.05) is 43.1 Å². The molecule has 1 fully saturated rings. The number of nitrogens with zero attached hydrogens (tertiary/aromatic N) is 1. The van der Waals surface area contributed by atoms with Crippen LogP contribution in [0.15, 0.2) is 29.6 Å². The number of rotatable bonds is 9. The highest BCUT2D eigenvalue weighted by Gasteiger charge is 2.25. The molecule has 1 aliphatic heterocycles. The zero-order valence-electron chi connectivity index (χ0n) is 18.8. The summed E-state index contributed by atoms with van der Waals surface area (Å²) in [4.78, 5) is 28.0. The van der Waals surface area contributed by atoms with E-state index in [1.165, 1.54) is 26.2 Å². The Kier molecular flexibility index (Phi) is 8.61. The third-order valence-corrected chi connectivity index (χ3v) is 6.50. The van der Waals surface area contributed by atoms with Crippen molar-refractivity contribution < 1.29 is 23.8 Å². The highest BCUT2D eigenvalue weighted by Crippen LogP contribution is 2.40. The molecule has 0 spiro atoms. The van der Waals surface area contributed by atoms with Crippen molar-refractivity contribution in [3.63, 3.8) is 0 Å². The van der Waals surface area contributed by atoms with Crippen molar-refractivity contribution in [2.45, 2.75) is 25.7 Å². The van der Waals surface area contributed by atoms with E-state index in [1.807, 2.05) is 11.4 Å². The van der Waals surface area contributed by atoms with Gasteiger partial charge in [0.25, 0.3) is 0 Å². The highest BCUT2D eigenvalue weighted by atomic mass is 32.1. The summed E-state index contributed by atoms with van der Waals surface area (Å²) < 4.78 is 16.0. The molecule has 0 radical (unpaired) electrons. The molecule has 0 atom stereocenters. The first-order valence-electron chi connectivity index (χ1n) is 10.7. The van der Waals surface area contributed by atoms with E-state index in [0.717, 1.165) is 19.3 Å². The molecule has 2 N–H and O–H groups in total. The fourth-order valence-electron chi connectivity index (χ4n) is 3.81. The lowest BCUT2D eigenvalue weighted by atomic mass is 9.93. The molecule has 2 aromatic rings. The van der Waals surface area contributed by atoms with E-state index in [4.69, 9.17) is 14.2 Å². The molecule has 3 rings (SSSR count). The van der Waals surface area contributed by atoms with Gasteiger partial charge in [-0.3, -0.25) is 4.79 Å². The summed E-state index contributed by atoms with van der Waals surface area (Å²) in [7, 11) is 4.60. The Labute approximate surface area is 192 Å². The molecule has 9 heteroatoms. The van der Waals surface area contributed by atoms with Crippen molar-refractivity contribution in [1.29, 1.82) is 0 Å². The lowest BCUT2D eigenvalue weighted by Crippen LogP contribution is -2.42. The van der Waals surface area contributed by atoms with Crippen LogP contribution in [0.25, 0.3) is 0 Å². The molecule has 0 saturated carbocycles. The average Bonchev–Trinajstić information content (AvgIpc) is 3.32. The first-order chi connectivity index (χ1) is 15.5. The average molecular weight is 462 g/mol. The number of nitrogens with one attached hydrogen (secondary N) is 2. The molecule has 174 valence electrons. The van der Waals surface area contributed by atoms with Crippen LogP contribution in [-0.2, 0) is 11.2 Å². The SMILES string of the molecule is COc1cc(NC(=O)N2CCC(CC(=O)NCCc3cccs3)CC2)cc(OC)c1OC. The number of urea groups is 1. The molecule has 0 aliphatic carbocycles. The minimum atomic E-state index is -0.182. The number of methoxy groups -OCH3 is 3. The monoisotopic (exact) mass is 461 g/mol. The van der Waals surface area contributed by atoms with Crippen LogP contribution in [0.4, 0.5) is 10.5 Å². The van der Waals surface area contributed by atoms with Gasteiger partial charge >= 0.3 is 6.03 Å². The number of likely N-dealkylation sites (tertiary alicyclic amines) is 1. The second-order valence-electron chi connectivity index (χ2n) is 7.66. The summed E-state index contributed by atoms with van der Waals surface area (Å²) in [5.74, 6) is 1.81. The maximum absolute atomic E-state index is 12.7. The van der Waals surface area contributed by atoms with Crippen molar-refractivity contribution in [1.82, 2.24) is 10.2 Å². The number of anilines is 1. The molecule has 8 nitrogen and oxygen atoms in total. The van der Waals surface area contributed by atoms with Gasteiger partial charge in [-0.25, -0.2) is 4.79 Å². The van der Waals surface area contributed by atoms with Gasteiger partial charge in [-0.2, -0.15) is 0 Å². The smallest absolute Gasteiger partial charge is 0.321 e. The standard InChI is InChI=1S/C23H31N3O5S/c1-29-19-14-17(15-20(30-2)22(19)31-3)25-23(28)26-10-7-16(8-11-26)13-21(27)24-9-6-18-5-4-12-32-18/h4-5,12,14-16H,6-11,13H2,1-3H3,(H,24,27)(H,25,28). The maximum Gasteiger partial charge on any atom is 0.321 e. The summed E-state index contributed by atoms with van der Waals surface area (Å²) in [6.07, 6.45) is 2.98. The Balaban J connectivity index is 1.44. The number of benzene rings is 1. The minimum absolute atomic E-state index is 0.0851. The van der Waals surface area contributed by atoms with Crippen LogP contribution in [0, 0.1) is 5.92 Å². The van der Waals surface area contributed by atoms with E-state index in [9.17, 15) is 9.59 Å². The fourth-order valence-corrected chi connectivity index (χ4v) is 4.52. The molecular formula is C23H31N3O5S. The zero-order chi connectivity index (χ0) is 22.9. The molecule has 32 heavy (non-hydrogen) atoms. The van der Waals surface area contributed by atoms with Crippen LogP contribution < -0.4 is 24.8 Å². The summed E-state index contributed by atoms with van der Waals surface area (Å²) in [6.45, 7) is 1.89. The highest BCUT2D eigenvalue weighted by molar-refractivity contribution is 7.09. The second-order valence-corrected chi connectivity index (χ2v) is 8.69. The van der Waals surface area contributed by atoms with Crippen molar-refractivity contribution in [2.24, 2.45) is 5.92 Å². The largest absolute Gasteiger partial charge is 0.493 e. The number of hydrogen-bond donors (Lipinski definition) is 2. The van der Waals surface area contributed by atoms with Crippen LogP contribution in [-0.4, -0.2) is 57.8 Å². The van der Waals surface area contributed by atoms with Crippen molar-refractivity contribution in [3.8, 4) is 17.2 Å². The van der Waals surface area contributed by atoms with E-state index in [1.54, 1.807) is 28.4 Å². The number of ether oxygens (including phenoxy) is 3. The van der Waals surface area contributed by atoms with E-state index < -0.39 is 0 Å². The number of carbonyl (C=O) groups is 2. The minimum Gasteiger partial charge on any atom is -0.493 e. The lowest BCUT2D eigenvalue weighted by Gasteiger charge is -2.31. The summed E-state index contributed by atoms with van der Waals surface area (Å²) >= 11 is 1.70. The summed E-state index contributed by atoms with van der Waals surface area (Å²) in [5.41, 5.74) is 0.566. The van der Waals surface area contributed by atoms with Crippen LogP contribution in [0.1, 0.15) is 24.1 Å². The normalized spacial score (nSPS) is 14.0. The second kappa shape index (κ2) is 11.6. The molecule has 0 bridgehead atoms. The van der Waals surface area contributed by atoms with E-state index >= 15 is 0 Å². The number of thiophene rings is 1. The molecule has 0 unspecified atom stereocenters. The first-order valence-corrected chi connectivity index (χ1v) is 11.6. The molecule has 1 aliphatic rings. The Morgan fingerprint density at radius 3 is 2.34 bits per heavy atom. The number of amides is 3. The van der Waals surface area contributed by atoms with Crippen LogP contribution in [0.2, 0.25) is 0 Å². The fraction of sp³-hybridized carbons (Fsp3) is 0.478. The molecule has 1 aromatic heterocycles. The molecule has 1 aromatic carbocycles. The van der Waals surface area contributed by atoms with Crippen molar-refractivity contribution in [3.05, 3.63) is 34.5 Å². The maximum atomic E-state index is 12.7. The molecular weight excluding hydrogens is 430 g/mol. The zero-order valence-corrected chi connectivity index (χ0v) is 19.6. The Morgan fingerprint density at radius 2 is 1.78 bits per heavy atom. The predicted octanol–water partition coefficient (Wildman–Crippen LogP) is 3.77. The van der Waals surface area contributed by atoms with Crippen LogP contribution in [0.3, 0.4) is 0 Å².